The Morgan fingerprint density at radius 2 is 2.03 bits per heavy atom. The monoisotopic (exact) mass is 430 g/mol. The molecule has 2 fully saturated rings. The van der Waals surface area contributed by atoms with Crippen molar-refractivity contribution in [3.8, 4) is 0 Å². The quantitative estimate of drug-likeness (QED) is 0.744. The van der Waals surface area contributed by atoms with Gasteiger partial charge in [-0.2, -0.15) is 13.8 Å². The molecule has 0 spiro atoms. The number of halogens is 3. The number of amides is 2. The second-order valence-electron chi connectivity index (χ2n) is 7.35. The Morgan fingerprint density at radius 3 is 2.70 bits per heavy atom. The van der Waals surface area contributed by atoms with Crippen LogP contribution in [0.4, 0.5) is 29.3 Å². The van der Waals surface area contributed by atoms with E-state index in [9.17, 15) is 22.8 Å². The van der Waals surface area contributed by atoms with Gasteiger partial charge in [-0.3, -0.25) is 14.5 Å². The average Bonchev–Trinajstić information content (AvgIpc) is 2.90. The van der Waals surface area contributed by atoms with Gasteiger partial charge in [-0.05, 0) is 32.0 Å². The largest absolute Gasteiger partial charge is 0.442 e. The Morgan fingerprint density at radius 1 is 1.27 bits per heavy atom. The van der Waals surface area contributed by atoms with Crippen LogP contribution in [0.25, 0.3) is 0 Å². The fourth-order valence-corrected chi connectivity index (χ4v) is 3.36. The molecule has 0 aliphatic carbocycles. The van der Waals surface area contributed by atoms with Gasteiger partial charge in [0.1, 0.15) is 11.9 Å². The molecule has 166 valence electrons. The van der Waals surface area contributed by atoms with Crippen LogP contribution in [-0.4, -0.2) is 75.0 Å². The van der Waals surface area contributed by atoms with Crippen LogP contribution in [0.3, 0.4) is 0 Å². The molecule has 0 aromatic heterocycles. The van der Waals surface area contributed by atoms with Crippen LogP contribution in [0.2, 0.25) is 0 Å². The molecule has 1 aromatic carbocycles. The van der Waals surface area contributed by atoms with Crippen molar-refractivity contribution in [2.24, 2.45) is 0 Å². The number of carbonyl (C=O) groups is 2. The maximum atomic E-state index is 14.8. The number of ether oxygens (including phenoxy) is 1. The molecule has 0 bridgehead atoms. The molecule has 2 aliphatic rings. The maximum absolute atomic E-state index is 14.8. The minimum Gasteiger partial charge on any atom is -0.442 e. The standard InChI is InChI=1S/C19H25F3N4O4/c1-12(2)26-6-5-24(7-8-29-26)16-4-3-13(9-15(16)20)25-11-14(30-19(25)28)10-23-18(27)17(21)22/h3-4,9,12,14,17H,5-8,10-11H2,1-2H3,(H,23,27)/t14-/m0/s1. The molecule has 1 N–H and O–H groups in total. The van der Waals surface area contributed by atoms with E-state index in [1.165, 1.54) is 11.0 Å². The number of hydrogen-bond acceptors (Lipinski definition) is 6. The lowest BCUT2D eigenvalue weighted by Crippen LogP contribution is -2.37. The minimum atomic E-state index is -3.14. The number of rotatable bonds is 6. The third-order valence-corrected chi connectivity index (χ3v) is 4.94. The van der Waals surface area contributed by atoms with Gasteiger partial charge in [0, 0.05) is 25.7 Å². The number of nitrogens with zero attached hydrogens (tertiary/aromatic N) is 3. The first-order valence-electron chi connectivity index (χ1n) is 9.74. The van der Waals surface area contributed by atoms with E-state index in [1.807, 2.05) is 29.1 Å². The predicted octanol–water partition coefficient (Wildman–Crippen LogP) is 1.99. The summed E-state index contributed by atoms with van der Waals surface area (Å²) in [7, 11) is 0. The molecule has 2 heterocycles. The van der Waals surface area contributed by atoms with Crippen LogP contribution in [0.15, 0.2) is 18.2 Å². The number of alkyl halides is 2. The van der Waals surface area contributed by atoms with Crippen LogP contribution >= 0.6 is 0 Å². The third-order valence-electron chi connectivity index (χ3n) is 4.94. The molecule has 30 heavy (non-hydrogen) atoms. The van der Waals surface area contributed by atoms with Crippen LogP contribution < -0.4 is 15.1 Å². The highest BCUT2D eigenvalue weighted by atomic mass is 19.3. The zero-order chi connectivity index (χ0) is 21.8. The number of carbonyl (C=O) groups excluding carboxylic acids is 2. The Hall–Kier alpha value is -2.53. The van der Waals surface area contributed by atoms with Crippen molar-refractivity contribution in [1.82, 2.24) is 10.4 Å². The van der Waals surface area contributed by atoms with Crippen molar-refractivity contribution in [3.63, 3.8) is 0 Å². The van der Waals surface area contributed by atoms with Gasteiger partial charge in [-0.1, -0.05) is 0 Å². The lowest BCUT2D eigenvalue weighted by atomic mass is 10.2. The van der Waals surface area contributed by atoms with Crippen LogP contribution in [0.1, 0.15) is 13.8 Å². The van der Waals surface area contributed by atoms with Gasteiger partial charge in [-0.25, -0.2) is 9.18 Å². The molecule has 0 radical (unpaired) electrons. The molecule has 8 nitrogen and oxygen atoms in total. The number of hydroxylamine groups is 2. The summed E-state index contributed by atoms with van der Waals surface area (Å²) in [6.45, 7) is 5.99. The topological polar surface area (TPSA) is 74.4 Å². The zero-order valence-electron chi connectivity index (χ0n) is 16.8. The van der Waals surface area contributed by atoms with Crippen LogP contribution in [0.5, 0.6) is 0 Å². The first kappa shape index (κ1) is 22.2. The summed E-state index contributed by atoms with van der Waals surface area (Å²) in [6, 6.07) is 4.65. The van der Waals surface area contributed by atoms with E-state index in [-0.39, 0.29) is 19.1 Å². The van der Waals surface area contributed by atoms with Gasteiger partial charge in [0.05, 0.1) is 31.1 Å². The average molecular weight is 430 g/mol. The van der Waals surface area contributed by atoms with Gasteiger partial charge in [0.2, 0.25) is 0 Å². The fourth-order valence-electron chi connectivity index (χ4n) is 3.36. The fraction of sp³-hybridized carbons (Fsp3) is 0.579. The summed E-state index contributed by atoms with van der Waals surface area (Å²) in [5.74, 6) is -1.93. The summed E-state index contributed by atoms with van der Waals surface area (Å²) >= 11 is 0. The molecule has 2 saturated heterocycles. The van der Waals surface area contributed by atoms with E-state index in [1.54, 1.807) is 12.1 Å². The molecule has 2 amide bonds. The van der Waals surface area contributed by atoms with Crippen LogP contribution in [-0.2, 0) is 14.4 Å². The predicted molar refractivity (Wildman–Crippen MR) is 103 cm³/mol. The summed E-state index contributed by atoms with van der Waals surface area (Å²) in [6.07, 6.45) is -4.67. The van der Waals surface area contributed by atoms with Gasteiger partial charge in [0.15, 0.2) is 0 Å². The number of benzene rings is 1. The molecule has 2 aliphatic heterocycles. The highest BCUT2D eigenvalue weighted by Gasteiger charge is 2.33. The van der Waals surface area contributed by atoms with E-state index in [0.717, 1.165) is 0 Å². The summed E-state index contributed by atoms with van der Waals surface area (Å²) in [5, 5.41) is 3.87. The zero-order valence-corrected chi connectivity index (χ0v) is 16.8. The normalized spacial score (nSPS) is 20.6. The number of nitrogens with one attached hydrogen (secondary N) is 1. The maximum Gasteiger partial charge on any atom is 0.414 e. The summed E-state index contributed by atoms with van der Waals surface area (Å²) < 4.78 is 44.4. The van der Waals surface area contributed by atoms with E-state index < -0.39 is 30.3 Å². The van der Waals surface area contributed by atoms with Crippen molar-refractivity contribution in [2.45, 2.75) is 32.4 Å². The van der Waals surface area contributed by atoms with Crippen LogP contribution in [0, 0.1) is 5.82 Å². The Kier molecular flexibility index (Phi) is 7.03. The minimum absolute atomic E-state index is 0.0159. The molecule has 0 unspecified atom stereocenters. The molecule has 3 rings (SSSR count). The molecule has 1 atom stereocenters. The summed E-state index contributed by atoms with van der Waals surface area (Å²) in [4.78, 5) is 31.8. The molecule has 1 aromatic rings. The molecule has 0 saturated carbocycles. The second-order valence-corrected chi connectivity index (χ2v) is 7.35. The Labute approximate surface area is 172 Å². The van der Waals surface area contributed by atoms with Crippen molar-refractivity contribution >= 4 is 23.4 Å². The number of cyclic esters (lactones) is 1. The lowest BCUT2D eigenvalue weighted by molar-refractivity contribution is -0.168. The SMILES string of the molecule is CC(C)N1CCN(c2ccc(N3C[C@H](CNC(=O)C(F)F)OC3=O)cc2F)CCO1. The first-order valence-corrected chi connectivity index (χ1v) is 9.74. The second kappa shape index (κ2) is 9.52. The molecular formula is C19H25F3N4O4. The number of hydrogen-bond donors (Lipinski definition) is 1. The van der Waals surface area contributed by atoms with E-state index in [4.69, 9.17) is 9.57 Å². The van der Waals surface area contributed by atoms with E-state index >= 15 is 0 Å². The van der Waals surface area contributed by atoms with Crippen molar-refractivity contribution in [2.75, 3.05) is 49.1 Å². The Balaban J connectivity index is 1.63. The van der Waals surface area contributed by atoms with Gasteiger partial charge >= 0.3 is 12.5 Å². The highest BCUT2D eigenvalue weighted by molar-refractivity contribution is 5.90. The van der Waals surface area contributed by atoms with Crippen molar-refractivity contribution in [1.29, 1.82) is 0 Å². The third kappa shape index (κ3) is 5.14. The molecule has 11 heteroatoms. The number of anilines is 2. The Bertz CT molecular complexity index is 780. The van der Waals surface area contributed by atoms with Crippen molar-refractivity contribution < 1.29 is 32.3 Å². The van der Waals surface area contributed by atoms with E-state index in [2.05, 4.69) is 0 Å². The van der Waals surface area contributed by atoms with E-state index in [0.29, 0.717) is 37.6 Å². The molecular weight excluding hydrogens is 405 g/mol. The lowest BCUT2D eigenvalue weighted by Gasteiger charge is -2.25. The summed E-state index contributed by atoms with van der Waals surface area (Å²) in [5.41, 5.74) is 0.695. The van der Waals surface area contributed by atoms with Gasteiger partial charge < -0.3 is 15.0 Å². The van der Waals surface area contributed by atoms with Gasteiger partial charge in [-0.15, -0.1) is 0 Å². The van der Waals surface area contributed by atoms with Crippen molar-refractivity contribution in [3.05, 3.63) is 24.0 Å². The smallest absolute Gasteiger partial charge is 0.414 e. The highest BCUT2D eigenvalue weighted by Crippen LogP contribution is 2.28. The first-order chi connectivity index (χ1) is 14.3. The van der Waals surface area contributed by atoms with Gasteiger partial charge in [0.25, 0.3) is 5.91 Å².